The molecule has 1 aliphatic rings. The van der Waals surface area contributed by atoms with Gasteiger partial charge in [0.05, 0.1) is 11.7 Å². The van der Waals surface area contributed by atoms with Gasteiger partial charge in [-0.2, -0.15) is 0 Å². The Morgan fingerprint density at radius 3 is 2.58 bits per heavy atom. The van der Waals surface area contributed by atoms with Crippen LogP contribution < -0.4 is 16.4 Å². The summed E-state index contributed by atoms with van der Waals surface area (Å²) in [6.07, 6.45) is -1.22. The summed E-state index contributed by atoms with van der Waals surface area (Å²) in [4.78, 5) is 12.8. The number of ether oxygens (including phenoxy) is 1. The minimum atomic E-state index is -0.635. The molecule has 0 bridgehead atoms. The van der Waals surface area contributed by atoms with Crippen molar-refractivity contribution < 1.29 is 9.53 Å². The van der Waals surface area contributed by atoms with Crippen molar-refractivity contribution in [2.45, 2.75) is 25.7 Å². The van der Waals surface area contributed by atoms with E-state index in [1.165, 1.54) is 0 Å². The molecule has 0 radical (unpaired) electrons. The van der Waals surface area contributed by atoms with Crippen LogP contribution in [-0.4, -0.2) is 20.9 Å². The summed E-state index contributed by atoms with van der Waals surface area (Å²) in [7, 11) is 0. The molecule has 166 valence electrons. The van der Waals surface area contributed by atoms with E-state index in [9.17, 15) is 4.79 Å². The Balaban J connectivity index is 1.47. The maximum Gasteiger partial charge on any atom is 0.409 e. The molecule has 33 heavy (non-hydrogen) atoms. The van der Waals surface area contributed by atoms with Crippen molar-refractivity contribution in [1.29, 1.82) is 0 Å². The summed E-state index contributed by atoms with van der Waals surface area (Å²) in [5, 5.41) is 15.1. The molecule has 0 saturated carbocycles. The van der Waals surface area contributed by atoms with Crippen LogP contribution in [0.25, 0.3) is 5.69 Å². The average molecular weight is 441 g/mol. The molecule has 1 aliphatic heterocycles. The number of nitrogens with two attached hydrogens (primary N) is 1. The highest BCUT2D eigenvalue weighted by atomic mass is 16.5. The number of nitrogens with zero attached hydrogens (tertiary/aromatic N) is 3. The molecule has 0 aliphatic carbocycles. The first kappa shape index (κ1) is 20.7. The van der Waals surface area contributed by atoms with Crippen LogP contribution in [0.2, 0.25) is 0 Å². The standard InChI is InChI=1S/C25H24N6O2/c1-16-29-30-24-23(28-25(32)33-15-18-11-5-7-13-20(18)26)27-22(17-9-3-2-4-10-17)19-12-6-8-14-21(19)31(16)24/h2-14,22-23,27H,15,26H2,1H3,(H,28,32)/t22-,23-/m0/s1. The van der Waals surface area contributed by atoms with Crippen molar-refractivity contribution >= 4 is 11.8 Å². The van der Waals surface area contributed by atoms with E-state index >= 15 is 0 Å². The Morgan fingerprint density at radius 1 is 1.03 bits per heavy atom. The van der Waals surface area contributed by atoms with Crippen molar-refractivity contribution in [1.82, 2.24) is 25.4 Å². The lowest BCUT2D eigenvalue weighted by Crippen LogP contribution is -2.40. The van der Waals surface area contributed by atoms with Gasteiger partial charge in [0.1, 0.15) is 18.6 Å². The molecule has 0 spiro atoms. The molecule has 0 fully saturated rings. The second-order valence-electron chi connectivity index (χ2n) is 7.86. The number of para-hydroxylation sites is 2. The van der Waals surface area contributed by atoms with Gasteiger partial charge in [0, 0.05) is 11.3 Å². The summed E-state index contributed by atoms with van der Waals surface area (Å²) in [5.41, 5.74) is 10.4. The Morgan fingerprint density at radius 2 is 1.76 bits per heavy atom. The van der Waals surface area contributed by atoms with E-state index in [0.29, 0.717) is 11.5 Å². The number of nitrogens with one attached hydrogen (secondary N) is 2. The Bertz CT molecular complexity index is 1290. The molecular formula is C25H24N6O2. The van der Waals surface area contributed by atoms with E-state index in [1.807, 2.05) is 66.1 Å². The Labute approximate surface area is 191 Å². The zero-order valence-corrected chi connectivity index (χ0v) is 18.1. The van der Waals surface area contributed by atoms with Gasteiger partial charge in [0.25, 0.3) is 0 Å². The van der Waals surface area contributed by atoms with Gasteiger partial charge in [-0.3, -0.25) is 15.2 Å². The van der Waals surface area contributed by atoms with Crippen LogP contribution in [0.1, 0.15) is 40.5 Å². The van der Waals surface area contributed by atoms with Gasteiger partial charge in [-0.15, -0.1) is 10.2 Å². The van der Waals surface area contributed by atoms with Gasteiger partial charge in [0.15, 0.2) is 5.82 Å². The zero-order valence-electron chi connectivity index (χ0n) is 18.1. The molecule has 5 rings (SSSR count). The SMILES string of the molecule is Cc1nnc2n1-c1ccccc1[C@H](c1ccccc1)N[C@H]2NC(=O)OCc1ccccc1N. The van der Waals surface area contributed by atoms with Gasteiger partial charge < -0.3 is 10.5 Å². The number of aryl methyl sites for hydroxylation is 1. The van der Waals surface area contributed by atoms with Crippen molar-refractivity contribution in [3.8, 4) is 5.69 Å². The van der Waals surface area contributed by atoms with E-state index in [1.54, 1.807) is 6.07 Å². The highest BCUT2D eigenvalue weighted by Gasteiger charge is 2.32. The van der Waals surface area contributed by atoms with Crippen LogP contribution in [-0.2, 0) is 11.3 Å². The molecule has 2 heterocycles. The number of anilines is 1. The summed E-state index contributed by atoms with van der Waals surface area (Å²) in [6, 6.07) is 25.3. The first-order chi connectivity index (χ1) is 16.1. The minimum Gasteiger partial charge on any atom is -0.445 e. The third-order valence-electron chi connectivity index (χ3n) is 5.74. The quantitative estimate of drug-likeness (QED) is 0.417. The zero-order chi connectivity index (χ0) is 22.8. The molecule has 8 heteroatoms. The number of amides is 1. The van der Waals surface area contributed by atoms with Gasteiger partial charge in [-0.1, -0.05) is 66.7 Å². The fraction of sp³-hybridized carbons (Fsp3) is 0.160. The summed E-state index contributed by atoms with van der Waals surface area (Å²) >= 11 is 0. The molecule has 4 aromatic rings. The van der Waals surface area contributed by atoms with Crippen molar-refractivity contribution in [2.75, 3.05) is 5.73 Å². The van der Waals surface area contributed by atoms with E-state index < -0.39 is 12.3 Å². The molecule has 3 aromatic carbocycles. The monoisotopic (exact) mass is 440 g/mol. The largest absolute Gasteiger partial charge is 0.445 e. The number of fused-ring (bicyclic) bond motifs is 3. The molecule has 8 nitrogen and oxygen atoms in total. The number of hydrogen-bond acceptors (Lipinski definition) is 6. The second kappa shape index (κ2) is 8.76. The minimum absolute atomic E-state index is 0.0687. The summed E-state index contributed by atoms with van der Waals surface area (Å²) < 4.78 is 7.43. The number of rotatable bonds is 4. The summed E-state index contributed by atoms with van der Waals surface area (Å²) in [6.45, 7) is 1.96. The van der Waals surface area contributed by atoms with Crippen LogP contribution in [0.3, 0.4) is 0 Å². The molecular weight excluding hydrogens is 416 g/mol. The Hall–Kier alpha value is -4.17. The topological polar surface area (TPSA) is 107 Å². The number of alkyl carbamates (subject to hydrolysis) is 1. The van der Waals surface area contributed by atoms with Crippen LogP contribution in [0, 0.1) is 6.92 Å². The number of aromatic nitrogens is 3. The number of nitrogen functional groups attached to an aromatic ring is 1. The highest BCUT2D eigenvalue weighted by molar-refractivity contribution is 5.68. The number of hydrogen-bond donors (Lipinski definition) is 3. The smallest absolute Gasteiger partial charge is 0.409 e. The maximum atomic E-state index is 12.8. The van der Waals surface area contributed by atoms with Gasteiger partial charge >= 0.3 is 6.09 Å². The fourth-order valence-electron chi connectivity index (χ4n) is 4.13. The number of benzene rings is 3. The summed E-state index contributed by atoms with van der Waals surface area (Å²) in [5.74, 6) is 1.31. The Kier molecular flexibility index (Phi) is 5.50. The third kappa shape index (κ3) is 4.04. The van der Waals surface area contributed by atoms with Crippen molar-refractivity contribution in [3.05, 3.63) is 107 Å². The highest BCUT2D eigenvalue weighted by Crippen LogP contribution is 2.34. The first-order valence-corrected chi connectivity index (χ1v) is 10.7. The van der Waals surface area contributed by atoms with Gasteiger partial charge in [0.2, 0.25) is 0 Å². The van der Waals surface area contributed by atoms with E-state index in [2.05, 4.69) is 39.0 Å². The predicted molar refractivity (Wildman–Crippen MR) is 124 cm³/mol. The molecule has 2 atom stereocenters. The number of carbonyl (C=O) groups is 1. The molecule has 1 amide bonds. The fourth-order valence-corrected chi connectivity index (χ4v) is 4.13. The molecule has 4 N–H and O–H groups in total. The number of carbonyl (C=O) groups excluding carboxylic acids is 1. The lowest BCUT2D eigenvalue weighted by molar-refractivity contribution is 0.132. The van der Waals surface area contributed by atoms with Crippen LogP contribution >= 0.6 is 0 Å². The molecule has 0 saturated heterocycles. The van der Waals surface area contributed by atoms with E-state index in [-0.39, 0.29) is 12.6 Å². The van der Waals surface area contributed by atoms with E-state index in [4.69, 9.17) is 10.5 Å². The van der Waals surface area contributed by atoms with Gasteiger partial charge in [-0.05, 0) is 30.2 Å². The first-order valence-electron chi connectivity index (χ1n) is 10.7. The van der Waals surface area contributed by atoms with Crippen LogP contribution in [0.5, 0.6) is 0 Å². The maximum absolute atomic E-state index is 12.8. The van der Waals surface area contributed by atoms with Crippen LogP contribution in [0.4, 0.5) is 10.5 Å². The third-order valence-corrected chi connectivity index (χ3v) is 5.74. The predicted octanol–water partition coefficient (Wildman–Crippen LogP) is 3.78. The molecule has 1 aromatic heterocycles. The van der Waals surface area contributed by atoms with E-state index in [0.717, 1.165) is 28.2 Å². The van der Waals surface area contributed by atoms with Crippen molar-refractivity contribution in [3.63, 3.8) is 0 Å². The lowest BCUT2D eigenvalue weighted by atomic mass is 9.97. The normalized spacial score (nSPS) is 16.9. The second-order valence-corrected chi connectivity index (χ2v) is 7.86. The lowest BCUT2D eigenvalue weighted by Gasteiger charge is -2.24. The average Bonchev–Trinajstić information content (AvgIpc) is 3.16. The van der Waals surface area contributed by atoms with Crippen LogP contribution in [0.15, 0.2) is 78.9 Å². The van der Waals surface area contributed by atoms with Gasteiger partial charge in [-0.25, -0.2) is 4.79 Å². The molecule has 0 unspecified atom stereocenters. The van der Waals surface area contributed by atoms with Crippen molar-refractivity contribution in [2.24, 2.45) is 0 Å².